The van der Waals surface area contributed by atoms with Crippen LogP contribution in [0.2, 0.25) is 0 Å². The van der Waals surface area contributed by atoms with Gasteiger partial charge in [0, 0.05) is 0 Å². The quantitative estimate of drug-likeness (QED) is 0.289. The Hall–Kier alpha value is -1.98. The van der Waals surface area contributed by atoms with Crippen molar-refractivity contribution in [2.75, 3.05) is 0 Å². The number of nitrogens with zero attached hydrogens (tertiary/aromatic N) is 1. The molecule has 0 saturated heterocycles. The van der Waals surface area contributed by atoms with Crippen molar-refractivity contribution in [3.05, 3.63) is 23.7 Å². The van der Waals surface area contributed by atoms with Gasteiger partial charge in [-0.05, 0) is 19.1 Å². The molecule has 0 saturated carbocycles. The lowest BCUT2D eigenvalue weighted by Gasteiger charge is -2.01. The van der Waals surface area contributed by atoms with Crippen LogP contribution < -0.4 is 11.1 Å². The van der Waals surface area contributed by atoms with E-state index in [9.17, 15) is 4.79 Å². The Morgan fingerprint density at radius 1 is 1.67 bits per heavy atom. The van der Waals surface area contributed by atoms with E-state index in [1.165, 1.54) is 0 Å². The Labute approximate surface area is 86.7 Å². The predicted octanol–water partition coefficient (Wildman–Crippen LogP) is 0.341. The number of amidine groups is 1. The highest BCUT2D eigenvalue weighted by molar-refractivity contribution is 5.98. The number of hydrogen-bond donors (Lipinski definition) is 3. The van der Waals surface area contributed by atoms with Crippen molar-refractivity contribution in [3.8, 4) is 0 Å². The SMILES string of the molecule is Cc1ccc(CNC(=O)CC(N)=NO)o1. The standard InChI is InChI=1S/C9H13N3O3/c1-6-2-3-7(15-6)5-11-9(13)4-8(10)12-14/h2-3,14H,4-5H2,1H3,(H2,10,12)(H,11,13). The Bertz CT molecular complexity index is 370. The van der Waals surface area contributed by atoms with Crippen molar-refractivity contribution < 1.29 is 14.4 Å². The van der Waals surface area contributed by atoms with Gasteiger partial charge < -0.3 is 20.7 Å². The molecule has 0 aliphatic heterocycles. The molecular formula is C9H13N3O3. The fourth-order valence-corrected chi connectivity index (χ4v) is 1.03. The van der Waals surface area contributed by atoms with Crippen LogP contribution in [-0.4, -0.2) is 17.0 Å². The van der Waals surface area contributed by atoms with Crippen LogP contribution in [0.4, 0.5) is 0 Å². The summed E-state index contributed by atoms with van der Waals surface area (Å²) in [6.45, 7) is 2.12. The van der Waals surface area contributed by atoms with Gasteiger partial charge in [0.2, 0.25) is 5.91 Å². The second-order valence-electron chi connectivity index (χ2n) is 3.06. The van der Waals surface area contributed by atoms with E-state index in [-0.39, 0.29) is 18.2 Å². The van der Waals surface area contributed by atoms with Crippen molar-refractivity contribution in [3.63, 3.8) is 0 Å². The summed E-state index contributed by atoms with van der Waals surface area (Å²) in [4.78, 5) is 11.2. The molecule has 0 atom stereocenters. The van der Waals surface area contributed by atoms with E-state index in [4.69, 9.17) is 15.4 Å². The summed E-state index contributed by atoms with van der Waals surface area (Å²) in [5.41, 5.74) is 5.16. The molecule has 0 aliphatic rings. The van der Waals surface area contributed by atoms with Crippen LogP contribution in [0, 0.1) is 6.92 Å². The third kappa shape index (κ3) is 3.72. The van der Waals surface area contributed by atoms with Gasteiger partial charge in [0.05, 0.1) is 13.0 Å². The molecule has 6 heteroatoms. The Morgan fingerprint density at radius 3 is 2.93 bits per heavy atom. The van der Waals surface area contributed by atoms with Gasteiger partial charge in [0.25, 0.3) is 0 Å². The fourth-order valence-electron chi connectivity index (χ4n) is 1.03. The summed E-state index contributed by atoms with van der Waals surface area (Å²) in [5, 5.41) is 13.5. The van der Waals surface area contributed by atoms with E-state index in [2.05, 4.69) is 10.5 Å². The monoisotopic (exact) mass is 211 g/mol. The minimum atomic E-state index is -0.320. The van der Waals surface area contributed by atoms with Gasteiger partial charge in [-0.2, -0.15) is 0 Å². The predicted molar refractivity (Wildman–Crippen MR) is 53.3 cm³/mol. The number of furan rings is 1. The molecule has 1 aromatic heterocycles. The van der Waals surface area contributed by atoms with E-state index in [0.717, 1.165) is 5.76 Å². The van der Waals surface area contributed by atoms with E-state index < -0.39 is 0 Å². The molecular weight excluding hydrogens is 198 g/mol. The Balaban J connectivity index is 2.34. The summed E-state index contributed by atoms with van der Waals surface area (Å²) in [6.07, 6.45) is -0.129. The normalized spacial score (nSPS) is 11.4. The topological polar surface area (TPSA) is 101 Å². The van der Waals surface area contributed by atoms with E-state index in [1.807, 2.05) is 13.0 Å². The van der Waals surface area contributed by atoms with Crippen LogP contribution >= 0.6 is 0 Å². The molecule has 0 fully saturated rings. The van der Waals surface area contributed by atoms with E-state index >= 15 is 0 Å². The van der Waals surface area contributed by atoms with Crippen LogP contribution in [0.3, 0.4) is 0 Å². The van der Waals surface area contributed by atoms with Gasteiger partial charge in [-0.25, -0.2) is 0 Å². The van der Waals surface area contributed by atoms with Gasteiger partial charge in [-0.1, -0.05) is 5.16 Å². The molecule has 1 aromatic rings. The maximum atomic E-state index is 11.2. The molecule has 6 nitrogen and oxygen atoms in total. The van der Waals surface area contributed by atoms with Gasteiger partial charge >= 0.3 is 0 Å². The average Bonchev–Trinajstić information content (AvgIpc) is 2.61. The molecule has 1 heterocycles. The molecule has 1 amide bonds. The molecule has 0 unspecified atom stereocenters. The molecule has 15 heavy (non-hydrogen) atoms. The first kappa shape index (κ1) is 11.1. The Kier molecular flexibility index (Phi) is 3.73. The highest BCUT2D eigenvalue weighted by atomic mass is 16.4. The number of oxime groups is 1. The fraction of sp³-hybridized carbons (Fsp3) is 0.333. The molecule has 0 spiro atoms. The van der Waals surface area contributed by atoms with Gasteiger partial charge in [-0.15, -0.1) is 0 Å². The van der Waals surface area contributed by atoms with E-state index in [1.54, 1.807) is 6.07 Å². The minimum absolute atomic E-state index is 0.122. The van der Waals surface area contributed by atoms with Crippen molar-refractivity contribution in [1.29, 1.82) is 0 Å². The molecule has 1 rings (SSSR count). The maximum Gasteiger partial charge on any atom is 0.228 e. The smallest absolute Gasteiger partial charge is 0.228 e. The number of aryl methyl sites for hydroxylation is 1. The zero-order chi connectivity index (χ0) is 11.3. The van der Waals surface area contributed by atoms with Crippen LogP contribution in [0.5, 0.6) is 0 Å². The largest absolute Gasteiger partial charge is 0.465 e. The summed E-state index contributed by atoms with van der Waals surface area (Å²) < 4.78 is 5.24. The van der Waals surface area contributed by atoms with Crippen molar-refractivity contribution >= 4 is 11.7 Å². The first-order chi connectivity index (χ1) is 7.11. The van der Waals surface area contributed by atoms with Crippen LogP contribution in [-0.2, 0) is 11.3 Å². The average molecular weight is 211 g/mol. The summed E-state index contributed by atoms with van der Waals surface area (Å²) in [6, 6.07) is 3.59. The number of rotatable bonds is 4. The van der Waals surface area contributed by atoms with E-state index in [0.29, 0.717) is 12.3 Å². The lowest BCUT2D eigenvalue weighted by Crippen LogP contribution is -2.28. The first-order valence-electron chi connectivity index (χ1n) is 4.40. The number of carbonyl (C=O) groups excluding carboxylic acids is 1. The lowest BCUT2D eigenvalue weighted by atomic mass is 10.3. The first-order valence-corrected chi connectivity index (χ1v) is 4.40. The summed E-state index contributed by atoms with van der Waals surface area (Å²) in [7, 11) is 0. The highest BCUT2D eigenvalue weighted by Gasteiger charge is 2.05. The minimum Gasteiger partial charge on any atom is -0.465 e. The summed E-state index contributed by atoms with van der Waals surface area (Å²) in [5.74, 6) is 1.01. The number of hydrogen-bond acceptors (Lipinski definition) is 4. The van der Waals surface area contributed by atoms with Crippen molar-refractivity contribution in [2.45, 2.75) is 19.9 Å². The highest BCUT2D eigenvalue weighted by Crippen LogP contribution is 2.05. The molecule has 0 bridgehead atoms. The number of amides is 1. The summed E-state index contributed by atoms with van der Waals surface area (Å²) >= 11 is 0. The van der Waals surface area contributed by atoms with Crippen LogP contribution in [0.1, 0.15) is 17.9 Å². The van der Waals surface area contributed by atoms with Crippen molar-refractivity contribution in [1.82, 2.24) is 5.32 Å². The van der Waals surface area contributed by atoms with Crippen LogP contribution in [0.15, 0.2) is 21.7 Å². The number of nitrogens with two attached hydrogens (primary N) is 1. The zero-order valence-corrected chi connectivity index (χ0v) is 8.36. The molecule has 0 aliphatic carbocycles. The van der Waals surface area contributed by atoms with Crippen LogP contribution in [0.25, 0.3) is 0 Å². The second kappa shape index (κ2) is 5.04. The number of nitrogens with one attached hydrogen (secondary N) is 1. The van der Waals surface area contributed by atoms with Gasteiger partial charge in [-0.3, -0.25) is 4.79 Å². The third-order valence-electron chi connectivity index (χ3n) is 1.73. The Morgan fingerprint density at radius 2 is 2.40 bits per heavy atom. The zero-order valence-electron chi connectivity index (χ0n) is 8.36. The molecule has 0 radical (unpaired) electrons. The van der Waals surface area contributed by atoms with Crippen molar-refractivity contribution in [2.24, 2.45) is 10.9 Å². The lowest BCUT2D eigenvalue weighted by molar-refractivity contribution is -0.120. The molecule has 4 N–H and O–H groups in total. The maximum absolute atomic E-state index is 11.2. The second-order valence-corrected chi connectivity index (χ2v) is 3.06. The third-order valence-corrected chi connectivity index (χ3v) is 1.73. The number of carbonyl (C=O) groups is 1. The van der Waals surface area contributed by atoms with Gasteiger partial charge in [0.15, 0.2) is 0 Å². The van der Waals surface area contributed by atoms with Gasteiger partial charge in [0.1, 0.15) is 17.4 Å². The molecule has 82 valence electrons. The molecule has 0 aromatic carbocycles.